The Bertz CT molecular complexity index is 1610. The van der Waals surface area contributed by atoms with Crippen molar-refractivity contribution in [3.63, 3.8) is 0 Å². The molecule has 0 fully saturated rings. The fourth-order valence-electron chi connectivity index (χ4n) is 10.2. The van der Waals surface area contributed by atoms with Gasteiger partial charge in [0.1, 0.15) is 0 Å². The summed E-state index contributed by atoms with van der Waals surface area (Å²) in [4.78, 5) is 54.3. The Morgan fingerprint density at radius 1 is 0.418 bits per heavy atom. The molecule has 0 aromatic heterocycles. The molecule has 0 aliphatic rings. The molecule has 0 aromatic carbocycles. The minimum atomic E-state index is -0.589. The Morgan fingerprint density at radius 3 is 0.924 bits per heavy atom. The molecule has 0 heterocycles. The summed E-state index contributed by atoms with van der Waals surface area (Å²) in [6, 6.07) is 0. The molecule has 0 atom stereocenters. The summed E-state index contributed by atoms with van der Waals surface area (Å²) in [6.07, 6.45) is 30.1. The van der Waals surface area contributed by atoms with Crippen LogP contribution in [0.25, 0.3) is 0 Å². The van der Waals surface area contributed by atoms with Gasteiger partial charge in [0.2, 0.25) is 0 Å². The molecule has 0 rings (SSSR count). The maximum atomic E-state index is 13.2. The van der Waals surface area contributed by atoms with Crippen molar-refractivity contribution in [1.82, 2.24) is 16.0 Å². The van der Waals surface area contributed by atoms with Gasteiger partial charge in [-0.05, 0) is 51.5 Å². The number of nitrogens with two attached hydrogens (primary N) is 1. The molecule has 79 heavy (non-hydrogen) atoms. The van der Waals surface area contributed by atoms with Crippen molar-refractivity contribution >= 4 is 91.4 Å². The number of rotatable bonds is 52. The first-order valence-corrected chi connectivity index (χ1v) is 29.3. The molecule has 0 radical (unpaired) electrons. The van der Waals surface area contributed by atoms with E-state index in [2.05, 4.69) is 92.3 Å². The van der Waals surface area contributed by atoms with E-state index in [1.165, 1.54) is 75.2 Å². The first kappa shape index (κ1) is 79.2. The van der Waals surface area contributed by atoms with Crippen molar-refractivity contribution in [1.29, 1.82) is 0 Å². The molecular formula is C53H100B6N10O10. The number of aliphatic imine (C=N–C) groups is 6. The van der Waals surface area contributed by atoms with Gasteiger partial charge in [0.05, 0.1) is 6.61 Å². The Balaban J connectivity index is -0.00000124. The van der Waals surface area contributed by atoms with Gasteiger partial charge < -0.3 is 5.32 Å². The molecule has 26 heteroatoms. The minimum absolute atomic E-state index is 0.0733. The molecule has 2 amide bonds. The van der Waals surface area contributed by atoms with E-state index < -0.39 is 5.54 Å². The van der Waals surface area contributed by atoms with Gasteiger partial charge in [0.25, 0.3) is 0 Å². The maximum absolute atomic E-state index is 13.2. The zero-order valence-electron chi connectivity index (χ0n) is 49.6. The average molecular weight is 1100 g/mol. The van der Waals surface area contributed by atoms with Gasteiger partial charge >= 0.3 is 316 Å². The Kier molecular flexibility index (Phi) is 57.4. The number of nitrogens with one attached hydrogen (secondary N) is 3. The van der Waals surface area contributed by atoms with Crippen LogP contribution >= 0.6 is 0 Å². The third-order valence-corrected chi connectivity index (χ3v) is 13.4. The quantitative estimate of drug-likeness (QED) is 0.0132. The van der Waals surface area contributed by atoms with Crippen LogP contribution in [0, 0.1) is 0 Å². The van der Waals surface area contributed by atoms with Gasteiger partial charge in [-0.3, -0.25) is 5.26 Å². The van der Waals surface area contributed by atoms with Gasteiger partial charge in [0.15, 0.2) is 0 Å². The molecule has 20 nitrogen and oxygen atoms in total. The Labute approximate surface area is 478 Å². The number of hydrogen-bond donors (Lipinski definition) is 5. The number of hydrogen-bond acceptors (Lipinski definition) is 18. The van der Waals surface area contributed by atoms with Crippen molar-refractivity contribution in [2.24, 2.45) is 35.7 Å². The SMILES string of the molecule is CCCC(CCC)(CCC)NC(=O)CCC(=O)NC(CCCN=CB=O)(CCCN=CB=O)CCCN=CB=O.CCCC(CCC)(CCC)NCCCOO.NC(CCCN=CB=O)(CCCN=CB=O)CCCN=CB=O. The number of carbonyl (C=O) groups is 2. The molecule has 0 aliphatic carbocycles. The standard InChI is InChI=1S/C27H48B3N5O5.C13H23B3N4O3.C13H29NO2/c1-4-12-26(13-5-2,14-6-3)34-24(36)10-11-25(37)35-27(15-7-18-31-21-28-38,16-8-19-32-22-29-39)17-9-20-33-23-30-40;17-13(4-1-7-18-10-14-21,5-2-8-19-11-15-22)6-3-9-20-12-16-23;1-4-8-13(9-5-2,10-6-3)14-11-7-12-16-15/h21-23H,4-20H2,1-3H3,(H,34,36)(H,35,37);10-12H,1-9,17H2;14-15H,4-12H2,1-3H3. The fraction of sp³-hybridized carbons (Fsp3) is 0.849. The van der Waals surface area contributed by atoms with Gasteiger partial charge in [0, 0.05) is 11.1 Å². The number of carbonyl (C=O) groups excluding carboxylic acids is 2. The van der Waals surface area contributed by atoms with Crippen molar-refractivity contribution in [3.05, 3.63) is 0 Å². The molecule has 0 aliphatic heterocycles. The van der Waals surface area contributed by atoms with Gasteiger partial charge in [-0.25, -0.2) is 4.89 Å². The van der Waals surface area contributed by atoms with Crippen LogP contribution in [-0.4, -0.2) is 171 Å². The third-order valence-electron chi connectivity index (χ3n) is 13.4. The van der Waals surface area contributed by atoms with Crippen molar-refractivity contribution in [2.45, 2.75) is 237 Å². The number of nitrogens with zero attached hydrogens (tertiary/aromatic N) is 6. The zero-order valence-corrected chi connectivity index (χ0v) is 49.6. The summed E-state index contributed by atoms with van der Waals surface area (Å²) < 4.78 is 62.2. The van der Waals surface area contributed by atoms with E-state index >= 15 is 0 Å². The summed E-state index contributed by atoms with van der Waals surface area (Å²) in [7, 11) is 3.87. The summed E-state index contributed by atoms with van der Waals surface area (Å²) >= 11 is 0. The normalized spacial score (nSPS) is 13.2. The van der Waals surface area contributed by atoms with Gasteiger partial charge in [-0.2, -0.15) is 0 Å². The second-order valence-corrected chi connectivity index (χ2v) is 20.2. The predicted molar refractivity (Wildman–Crippen MR) is 325 cm³/mol. The molecule has 0 aromatic rings. The third kappa shape index (κ3) is 47.4. The fourth-order valence-corrected chi connectivity index (χ4v) is 10.2. The van der Waals surface area contributed by atoms with Gasteiger partial charge in [-0.1, -0.05) is 80.1 Å². The van der Waals surface area contributed by atoms with Crippen molar-refractivity contribution in [2.75, 3.05) is 52.4 Å². The first-order chi connectivity index (χ1) is 38.3. The molecule has 0 spiro atoms. The van der Waals surface area contributed by atoms with Gasteiger partial charge in [-0.15, -0.1) is 0 Å². The summed E-state index contributed by atoms with van der Waals surface area (Å²) in [6.45, 7) is 17.5. The van der Waals surface area contributed by atoms with E-state index in [0.29, 0.717) is 133 Å². The summed E-state index contributed by atoms with van der Waals surface area (Å²) in [5.74, 6) is -0.308. The second kappa shape index (κ2) is 57.2. The van der Waals surface area contributed by atoms with Crippen LogP contribution < -0.4 is 21.7 Å². The molecular weight excluding hydrogens is 1000 g/mol. The molecule has 0 bridgehead atoms. The van der Waals surface area contributed by atoms with E-state index in [1.807, 2.05) is 0 Å². The van der Waals surface area contributed by atoms with E-state index in [-0.39, 0.29) is 35.7 Å². The molecule has 0 saturated carbocycles. The van der Waals surface area contributed by atoms with Crippen LogP contribution in [0.1, 0.15) is 215 Å². The van der Waals surface area contributed by atoms with Crippen LogP contribution in [0.2, 0.25) is 0 Å². The van der Waals surface area contributed by atoms with E-state index in [4.69, 9.17) is 11.0 Å². The molecule has 0 unspecified atom stereocenters. The topological polar surface area (TPSA) is 302 Å². The van der Waals surface area contributed by atoms with Crippen LogP contribution in [-0.2, 0) is 42.7 Å². The van der Waals surface area contributed by atoms with Crippen molar-refractivity contribution in [3.8, 4) is 0 Å². The molecule has 440 valence electrons. The Hall–Kier alpha value is -4.01. The summed E-state index contributed by atoms with van der Waals surface area (Å²) in [5.41, 5.74) is 5.64. The van der Waals surface area contributed by atoms with E-state index in [1.54, 1.807) is 0 Å². The van der Waals surface area contributed by atoms with E-state index in [0.717, 1.165) is 90.0 Å². The predicted octanol–water partition coefficient (Wildman–Crippen LogP) is 7.30. The first-order valence-electron chi connectivity index (χ1n) is 29.3. The van der Waals surface area contributed by atoms with Crippen molar-refractivity contribution < 1.29 is 48.0 Å². The zero-order chi connectivity index (χ0) is 59.5. The second-order valence-electron chi connectivity index (χ2n) is 20.2. The average Bonchev–Trinajstić information content (AvgIpc) is 3.42. The monoisotopic (exact) mass is 1100 g/mol. The van der Waals surface area contributed by atoms with Crippen LogP contribution in [0.5, 0.6) is 0 Å². The molecule has 6 N–H and O–H groups in total. The summed E-state index contributed by atoms with van der Waals surface area (Å²) in [5, 5.41) is 18.4. The Morgan fingerprint density at radius 2 is 0.671 bits per heavy atom. The van der Waals surface area contributed by atoms with Crippen LogP contribution in [0.3, 0.4) is 0 Å². The van der Waals surface area contributed by atoms with Crippen LogP contribution in [0.15, 0.2) is 30.0 Å². The van der Waals surface area contributed by atoms with E-state index in [9.17, 15) is 37.8 Å². The van der Waals surface area contributed by atoms with Crippen LogP contribution in [0.4, 0.5) is 0 Å². The number of amides is 2. The molecule has 0 saturated heterocycles.